The highest BCUT2D eigenvalue weighted by Crippen LogP contribution is 2.38. The molecule has 3 aromatic carbocycles. The topological polar surface area (TPSA) is 78.7 Å². The van der Waals surface area contributed by atoms with E-state index < -0.39 is 10.8 Å². The number of para-hydroxylation sites is 1. The van der Waals surface area contributed by atoms with Crippen molar-refractivity contribution in [3.63, 3.8) is 0 Å². The van der Waals surface area contributed by atoms with Gasteiger partial charge in [-0.2, -0.15) is 0 Å². The number of rotatable bonds is 6. The number of amides is 1. The summed E-state index contributed by atoms with van der Waals surface area (Å²) in [6.45, 7) is 2.19. The molecular formula is C27H27FN4O3. The Morgan fingerprint density at radius 3 is 2.57 bits per heavy atom. The first-order valence-corrected chi connectivity index (χ1v) is 11.9. The van der Waals surface area contributed by atoms with Crippen LogP contribution >= 0.6 is 0 Å². The van der Waals surface area contributed by atoms with Crippen LogP contribution in [0.15, 0.2) is 72.8 Å². The summed E-state index contributed by atoms with van der Waals surface area (Å²) in [4.78, 5) is 28.5. The highest BCUT2D eigenvalue weighted by Gasteiger charge is 2.42. The van der Waals surface area contributed by atoms with Crippen LogP contribution in [0, 0.1) is 21.8 Å². The molecule has 35 heavy (non-hydrogen) atoms. The lowest BCUT2D eigenvalue weighted by Gasteiger charge is -2.49. The highest BCUT2D eigenvalue weighted by atomic mass is 19.1. The van der Waals surface area contributed by atoms with Crippen LogP contribution in [0.5, 0.6) is 0 Å². The molecule has 5 rings (SSSR count). The zero-order valence-corrected chi connectivity index (χ0v) is 19.3. The standard InChI is InChI=1S/C27H27FN4O3/c28-23-8-4-5-9-25(23)30-14-15-31-24-11-10-21(32(34)35)16-20(24)17-22(26(31)18-30)27(33)29-13-12-19-6-2-1-3-7-19/h1-11,16,22,26H,12-15,17-18H2,(H,29,33)/t22-,26+/m1/s1. The Labute approximate surface area is 203 Å². The van der Waals surface area contributed by atoms with Gasteiger partial charge in [-0.05, 0) is 42.2 Å². The predicted octanol–water partition coefficient (Wildman–Crippen LogP) is 3.96. The van der Waals surface area contributed by atoms with Crippen molar-refractivity contribution in [3.8, 4) is 0 Å². The van der Waals surface area contributed by atoms with E-state index in [1.807, 2.05) is 41.3 Å². The normalized spacial score (nSPS) is 19.0. The van der Waals surface area contributed by atoms with Crippen LogP contribution in [0.3, 0.4) is 0 Å². The number of benzene rings is 3. The maximum absolute atomic E-state index is 14.5. The van der Waals surface area contributed by atoms with Gasteiger partial charge in [0.2, 0.25) is 5.91 Å². The molecule has 7 nitrogen and oxygen atoms in total. The zero-order valence-electron chi connectivity index (χ0n) is 19.3. The van der Waals surface area contributed by atoms with Crippen LogP contribution in [-0.2, 0) is 17.6 Å². The van der Waals surface area contributed by atoms with Crippen LogP contribution in [0.1, 0.15) is 11.1 Å². The third-order valence-electron chi connectivity index (χ3n) is 6.99. The van der Waals surface area contributed by atoms with Gasteiger partial charge in [0, 0.05) is 44.0 Å². The van der Waals surface area contributed by atoms with E-state index in [9.17, 15) is 19.3 Å². The number of fused-ring (bicyclic) bond motifs is 3. The average Bonchev–Trinajstić information content (AvgIpc) is 2.88. The summed E-state index contributed by atoms with van der Waals surface area (Å²) in [5.74, 6) is -0.769. The van der Waals surface area contributed by atoms with Crippen molar-refractivity contribution in [3.05, 3.63) is 99.9 Å². The van der Waals surface area contributed by atoms with Crippen LogP contribution in [0.4, 0.5) is 21.5 Å². The zero-order chi connectivity index (χ0) is 24.4. The van der Waals surface area contributed by atoms with E-state index in [-0.39, 0.29) is 23.5 Å². The van der Waals surface area contributed by atoms with Gasteiger partial charge in [0.1, 0.15) is 5.82 Å². The molecule has 2 heterocycles. The molecule has 0 radical (unpaired) electrons. The number of nitro benzene ring substituents is 1. The molecule has 0 aromatic heterocycles. The van der Waals surface area contributed by atoms with Crippen LogP contribution in [0.25, 0.3) is 0 Å². The Kier molecular flexibility index (Phi) is 6.35. The summed E-state index contributed by atoms with van der Waals surface area (Å²) < 4.78 is 14.5. The quantitative estimate of drug-likeness (QED) is 0.432. The van der Waals surface area contributed by atoms with E-state index >= 15 is 0 Å². The third-order valence-corrected chi connectivity index (χ3v) is 6.99. The summed E-state index contributed by atoms with van der Waals surface area (Å²) in [7, 11) is 0. The number of hydrogen-bond donors (Lipinski definition) is 1. The first-order valence-electron chi connectivity index (χ1n) is 11.9. The molecule has 180 valence electrons. The lowest BCUT2D eigenvalue weighted by Crippen LogP contribution is -2.61. The van der Waals surface area contributed by atoms with E-state index in [4.69, 9.17) is 0 Å². The molecule has 8 heteroatoms. The Morgan fingerprint density at radius 1 is 1.03 bits per heavy atom. The minimum atomic E-state index is -0.408. The Bertz CT molecular complexity index is 1240. The third kappa shape index (κ3) is 4.69. The molecule has 0 bridgehead atoms. The predicted molar refractivity (Wildman–Crippen MR) is 133 cm³/mol. The number of halogens is 1. The number of hydrogen-bond acceptors (Lipinski definition) is 5. The molecule has 1 amide bonds. The lowest BCUT2D eigenvalue weighted by atomic mass is 9.83. The van der Waals surface area contributed by atoms with Crippen LogP contribution in [-0.4, -0.2) is 43.1 Å². The monoisotopic (exact) mass is 474 g/mol. The van der Waals surface area contributed by atoms with Crippen molar-refractivity contribution >= 4 is 23.0 Å². The van der Waals surface area contributed by atoms with Gasteiger partial charge < -0.3 is 15.1 Å². The second-order valence-electron chi connectivity index (χ2n) is 9.07. The molecule has 0 saturated carbocycles. The number of piperazine rings is 1. The first-order chi connectivity index (χ1) is 17.0. The van der Waals surface area contributed by atoms with Crippen molar-refractivity contribution in [1.82, 2.24) is 5.32 Å². The maximum Gasteiger partial charge on any atom is 0.269 e. The number of nitrogens with zero attached hydrogens (tertiary/aromatic N) is 3. The first kappa shape index (κ1) is 22.8. The van der Waals surface area contributed by atoms with Gasteiger partial charge in [-0.15, -0.1) is 0 Å². The summed E-state index contributed by atoms with van der Waals surface area (Å²) >= 11 is 0. The average molecular weight is 475 g/mol. The fraction of sp³-hybridized carbons (Fsp3) is 0.296. The number of non-ortho nitro benzene ring substituents is 1. The Hall–Kier alpha value is -3.94. The van der Waals surface area contributed by atoms with Gasteiger partial charge in [-0.1, -0.05) is 42.5 Å². The molecule has 2 aliphatic rings. The molecule has 0 aliphatic carbocycles. The van der Waals surface area contributed by atoms with Crippen LogP contribution in [0.2, 0.25) is 0 Å². The smallest absolute Gasteiger partial charge is 0.269 e. The molecule has 0 unspecified atom stereocenters. The van der Waals surface area contributed by atoms with Gasteiger partial charge in [-0.25, -0.2) is 4.39 Å². The molecule has 3 aromatic rings. The molecule has 1 saturated heterocycles. The van der Waals surface area contributed by atoms with Crippen LogP contribution < -0.4 is 15.1 Å². The van der Waals surface area contributed by atoms with Gasteiger partial charge >= 0.3 is 0 Å². The molecule has 2 atom stereocenters. The van der Waals surface area contributed by atoms with Crippen molar-refractivity contribution in [2.75, 3.05) is 36.0 Å². The fourth-order valence-corrected chi connectivity index (χ4v) is 5.26. The largest absolute Gasteiger partial charge is 0.365 e. The summed E-state index contributed by atoms with van der Waals surface area (Å²) in [5, 5.41) is 14.4. The van der Waals surface area contributed by atoms with E-state index in [0.29, 0.717) is 38.3 Å². The second kappa shape index (κ2) is 9.74. The Balaban J connectivity index is 1.40. The van der Waals surface area contributed by atoms with Gasteiger partial charge in [-0.3, -0.25) is 14.9 Å². The Morgan fingerprint density at radius 2 is 1.80 bits per heavy atom. The van der Waals surface area contributed by atoms with E-state index in [2.05, 4.69) is 10.2 Å². The minimum absolute atomic E-state index is 0.0235. The molecule has 1 fully saturated rings. The molecule has 0 spiro atoms. The maximum atomic E-state index is 14.5. The molecule has 1 N–H and O–H groups in total. The fourth-order valence-electron chi connectivity index (χ4n) is 5.26. The second-order valence-corrected chi connectivity index (χ2v) is 9.07. The molecule has 2 aliphatic heterocycles. The van der Waals surface area contributed by atoms with E-state index in [1.165, 1.54) is 12.1 Å². The van der Waals surface area contributed by atoms with E-state index in [0.717, 1.165) is 23.2 Å². The number of anilines is 2. The van der Waals surface area contributed by atoms with Crippen molar-refractivity contribution in [2.45, 2.75) is 18.9 Å². The molecular weight excluding hydrogens is 447 g/mol. The number of nitro groups is 1. The van der Waals surface area contributed by atoms with Gasteiger partial charge in [0.05, 0.1) is 22.6 Å². The number of carbonyl (C=O) groups is 1. The van der Waals surface area contributed by atoms with E-state index in [1.54, 1.807) is 24.3 Å². The summed E-state index contributed by atoms with van der Waals surface area (Å²) in [6, 6.07) is 21.4. The van der Waals surface area contributed by atoms with Crippen molar-refractivity contribution < 1.29 is 14.1 Å². The minimum Gasteiger partial charge on any atom is -0.365 e. The van der Waals surface area contributed by atoms with Crippen molar-refractivity contribution in [1.29, 1.82) is 0 Å². The number of carbonyl (C=O) groups excluding carboxylic acids is 1. The summed E-state index contributed by atoms with van der Waals surface area (Å²) in [5.41, 5.74) is 3.42. The number of nitrogens with one attached hydrogen (secondary N) is 1. The SMILES string of the molecule is O=C(NCCc1ccccc1)[C@@H]1Cc2cc([N+](=O)[O-])ccc2N2CCN(c3ccccc3F)C[C@@H]12. The van der Waals surface area contributed by atoms with Gasteiger partial charge in [0.25, 0.3) is 5.69 Å². The highest BCUT2D eigenvalue weighted by molar-refractivity contribution is 5.82. The van der Waals surface area contributed by atoms with Crippen molar-refractivity contribution in [2.24, 2.45) is 5.92 Å². The van der Waals surface area contributed by atoms with Gasteiger partial charge in [0.15, 0.2) is 0 Å². The lowest BCUT2D eigenvalue weighted by molar-refractivity contribution is -0.384. The summed E-state index contributed by atoms with van der Waals surface area (Å²) in [6.07, 6.45) is 1.12.